The molecule has 1 heterocycles. The van der Waals surface area contributed by atoms with Gasteiger partial charge in [0.05, 0.1) is 4.21 Å². The van der Waals surface area contributed by atoms with E-state index in [0.717, 1.165) is 4.90 Å². The van der Waals surface area contributed by atoms with E-state index >= 15 is 0 Å². The second-order valence-corrected chi connectivity index (χ2v) is 6.28. The Kier molecular flexibility index (Phi) is 3.93. The van der Waals surface area contributed by atoms with Crippen LogP contribution in [0.5, 0.6) is 0 Å². The number of nitrogen functional groups attached to an aromatic ring is 1. The summed E-state index contributed by atoms with van der Waals surface area (Å²) in [5.41, 5.74) is 7.25. The molecule has 3 nitrogen and oxygen atoms in total. The minimum Gasteiger partial charge on any atom is -0.398 e. The van der Waals surface area contributed by atoms with Gasteiger partial charge in [-0.3, -0.25) is 4.79 Å². The number of amides is 1. The normalized spacial score (nSPS) is 10.3. The molecule has 0 atom stereocenters. The van der Waals surface area contributed by atoms with Crippen LogP contribution in [0.4, 0.5) is 5.69 Å². The van der Waals surface area contributed by atoms with Gasteiger partial charge in [-0.15, -0.1) is 11.3 Å². The van der Waals surface area contributed by atoms with E-state index in [1.165, 1.54) is 4.21 Å². The smallest absolute Gasteiger partial charge is 0.253 e. The molecule has 5 heteroatoms. The molecule has 94 valence electrons. The molecule has 0 fully saturated rings. The molecule has 2 rings (SSSR count). The molecule has 0 aliphatic heterocycles. The summed E-state index contributed by atoms with van der Waals surface area (Å²) in [7, 11) is 3.46. The lowest BCUT2D eigenvalue weighted by Gasteiger charge is -2.11. The summed E-state index contributed by atoms with van der Waals surface area (Å²) >= 11 is 3.29. The van der Waals surface area contributed by atoms with E-state index in [9.17, 15) is 4.79 Å². The Hall–Kier alpha value is -1.46. The summed E-state index contributed by atoms with van der Waals surface area (Å²) in [6.07, 6.45) is 0. The topological polar surface area (TPSA) is 46.3 Å². The average molecular weight is 278 g/mol. The van der Waals surface area contributed by atoms with Gasteiger partial charge in [-0.2, -0.15) is 0 Å². The van der Waals surface area contributed by atoms with E-state index in [4.69, 9.17) is 5.73 Å². The number of benzene rings is 1. The van der Waals surface area contributed by atoms with Crippen LogP contribution in [-0.4, -0.2) is 24.9 Å². The summed E-state index contributed by atoms with van der Waals surface area (Å²) in [4.78, 5) is 14.3. The molecule has 0 aliphatic carbocycles. The highest BCUT2D eigenvalue weighted by Crippen LogP contribution is 2.35. The van der Waals surface area contributed by atoms with Crippen LogP contribution >= 0.6 is 23.1 Å². The maximum atomic E-state index is 11.8. The van der Waals surface area contributed by atoms with Gasteiger partial charge in [0.15, 0.2) is 0 Å². The minimum absolute atomic E-state index is 0.0330. The summed E-state index contributed by atoms with van der Waals surface area (Å²) in [6, 6.07) is 9.50. The molecule has 1 aromatic carbocycles. The molecule has 0 radical (unpaired) electrons. The molecule has 0 unspecified atom stereocenters. The van der Waals surface area contributed by atoms with Gasteiger partial charge in [0, 0.05) is 30.2 Å². The van der Waals surface area contributed by atoms with Gasteiger partial charge in [0.2, 0.25) is 0 Å². The van der Waals surface area contributed by atoms with Crippen molar-refractivity contribution < 1.29 is 4.79 Å². The number of nitrogens with two attached hydrogens (primary N) is 1. The second-order valence-electron chi connectivity index (χ2n) is 3.99. The first-order valence-corrected chi connectivity index (χ1v) is 7.10. The van der Waals surface area contributed by atoms with Gasteiger partial charge in [-0.25, -0.2) is 0 Å². The van der Waals surface area contributed by atoms with Gasteiger partial charge >= 0.3 is 0 Å². The fourth-order valence-electron chi connectivity index (χ4n) is 1.46. The molecule has 0 spiro atoms. The SMILES string of the molecule is CN(C)C(=O)c1ccc(Sc2cccs2)c(N)c1. The van der Waals surface area contributed by atoms with Crippen molar-refractivity contribution in [2.24, 2.45) is 0 Å². The Morgan fingerprint density at radius 3 is 2.67 bits per heavy atom. The van der Waals surface area contributed by atoms with Crippen molar-refractivity contribution >= 4 is 34.7 Å². The number of carbonyl (C=O) groups is 1. The number of rotatable bonds is 3. The van der Waals surface area contributed by atoms with Crippen molar-refractivity contribution in [2.75, 3.05) is 19.8 Å². The highest BCUT2D eigenvalue weighted by molar-refractivity contribution is 8.01. The fourth-order valence-corrected chi connectivity index (χ4v) is 3.22. The Morgan fingerprint density at radius 1 is 1.33 bits per heavy atom. The molecular formula is C13H14N2OS2. The highest BCUT2D eigenvalue weighted by Gasteiger charge is 2.10. The van der Waals surface area contributed by atoms with Gasteiger partial charge in [0.25, 0.3) is 5.91 Å². The molecule has 1 aromatic heterocycles. The Bertz CT molecular complexity index is 550. The zero-order valence-corrected chi connectivity index (χ0v) is 11.8. The molecule has 2 N–H and O–H groups in total. The van der Waals surface area contributed by atoms with Crippen LogP contribution < -0.4 is 5.73 Å². The first-order valence-electron chi connectivity index (χ1n) is 5.40. The van der Waals surface area contributed by atoms with Crippen molar-refractivity contribution in [3.05, 3.63) is 41.3 Å². The molecule has 0 aliphatic rings. The maximum Gasteiger partial charge on any atom is 0.253 e. The summed E-state index contributed by atoms with van der Waals surface area (Å²) in [5, 5.41) is 2.03. The van der Waals surface area contributed by atoms with Crippen LogP contribution in [0.25, 0.3) is 0 Å². The van der Waals surface area contributed by atoms with E-state index in [2.05, 4.69) is 0 Å². The van der Waals surface area contributed by atoms with Crippen molar-refractivity contribution in [3.63, 3.8) is 0 Å². The Labute approximate surface area is 115 Å². The van der Waals surface area contributed by atoms with E-state index in [1.54, 1.807) is 48.2 Å². The van der Waals surface area contributed by atoms with Crippen molar-refractivity contribution in [2.45, 2.75) is 9.10 Å². The van der Waals surface area contributed by atoms with E-state index < -0.39 is 0 Å². The zero-order chi connectivity index (χ0) is 13.1. The van der Waals surface area contributed by atoms with Gasteiger partial charge in [-0.05, 0) is 29.6 Å². The van der Waals surface area contributed by atoms with Crippen molar-refractivity contribution in [3.8, 4) is 0 Å². The second kappa shape index (κ2) is 5.46. The first kappa shape index (κ1) is 13.0. The molecule has 1 amide bonds. The standard InChI is InChI=1S/C13H14N2OS2/c1-15(2)13(16)9-5-6-11(10(14)8-9)18-12-4-3-7-17-12/h3-8H,14H2,1-2H3. The molecule has 0 bridgehead atoms. The lowest BCUT2D eigenvalue weighted by Crippen LogP contribution is -2.21. The average Bonchev–Trinajstić information content (AvgIpc) is 2.83. The molecule has 2 aromatic rings. The van der Waals surface area contributed by atoms with Crippen LogP contribution in [0.2, 0.25) is 0 Å². The lowest BCUT2D eigenvalue weighted by atomic mass is 10.2. The minimum atomic E-state index is -0.0330. The number of anilines is 1. The van der Waals surface area contributed by atoms with Crippen LogP contribution in [0.3, 0.4) is 0 Å². The Balaban J connectivity index is 2.23. The summed E-state index contributed by atoms with van der Waals surface area (Å²) < 4.78 is 1.19. The summed E-state index contributed by atoms with van der Waals surface area (Å²) in [5.74, 6) is -0.0330. The van der Waals surface area contributed by atoms with Crippen molar-refractivity contribution in [1.29, 1.82) is 0 Å². The number of thiophene rings is 1. The molecule has 0 saturated carbocycles. The number of hydrogen-bond acceptors (Lipinski definition) is 4. The Morgan fingerprint density at radius 2 is 2.11 bits per heavy atom. The molecular weight excluding hydrogens is 264 g/mol. The van der Waals surface area contributed by atoms with Crippen molar-refractivity contribution in [1.82, 2.24) is 4.90 Å². The number of hydrogen-bond donors (Lipinski definition) is 1. The molecule has 18 heavy (non-hydrogen) atoms. The third-order valence-corrected chi connectivity index (χ3v) is 4.50. The highest BCUT2D eigenvalue weighted by atomic mass is 32.2. The monoisotopic (exact) mass is 278 g/mol. The largest absolute Gasteiger partial charge is 0.398 e. The third-order valence-electron chi connectivity index (χ3n) is 2.37. The van der Waals surface area contributed by atoms with Crippen LogP contribution in [-0.2, 0) is 0 Å². The van der Waals surface area contributed by atoms with E-state index in [1.807, 2.05) is 29.6 Å². The van der Waals surface area contributed by atoms with E-state index in [-0.39, 0.29) is 5.91 Å². The van der Waals surface area contributed by atoms with Gasteiger partial charge in [-0.1, -0.05) is 17.8 Å². The quantitative estimate of drug-likeness (QED) is 0.877. The predicted octanol–water partition coefficient (Wildman–Crippen LogP) is 3.18. The maximum absolute atomic E-state index is 11.8. The lowest BCUT2D eigenvalue weighted by molar-refractivity contribution is 0.0827. The zero-order valence-electron chi connectivity index (χ0n) is 10.2. The predicted molar refractivity (Wildman–Crippen MR) is 77.3 cm³/mol. The number of carbonyl (C=O) groups excluding carboxylic acids is 1. The van der Waals surface area contributed by atoms with Crippen LogP contribution in [0, 0.1) is 0 Å². The third kappa shape index (κ3) is 2.86. The molecule has 0 saturated heterocycles. The van der Waals surface area contributed by atoms with Crippen LogP contribution in [0.1, 0.15) is 10.4 Å². The number of nitrogens with zero attached hydrogens (tertiary/aromatic N) is 1. The fraction of sp³-hybridized carbons (Fsp3) is 0.154. The first-order chi connectivity index (χ1) is 8.58. The van der Waals surface area contributed by atoms with Gasteiger partial charge < -0.3 is 10.6 Å². The van der Waals surface area contributed by atoms with Gasteiger partial charge in [0.1, 0.15) is 0 Å². The van der Waals surface area contributed by atoms with Crippen LogP contribution in [0.15, 0.2) is 44.8 Å². The van der Waals surface area contributed by atoms with E-state index in [0.29, 0.717) is 11.3 Å². The summed E-state index contributed by atoms with van der Waals surface area (Å²) in [6.45, 7) is 0.